The van der Waals surface area contributed by atoms with Gasteiger partial charge in [0.15, 0.2) is 0 Å². The SMILES string of the molecule is Nc1ccc(CC(C(=O)O)C(=O)NO)cn1. The first-order chi connectivity index (χ1) is 7.54. The molecule has 1 unspecified atom stereocenters. The van der Waals surface area contributed by atoms with E-state index in [2.05, 4.69) is 4.98 Å². The number of hydrogen-bond donors (Lipinski definition) is 4. The second-order valence-electron chi connectivity index (χ2n) is 3.16. The Labute approximate surface area is 90.9 Å². The summed E-state index contributed by atoms with van der Waals surface area (Å²) < 4.78 is 0. The van der Waals surface area contributed by atoms with Crippen molar-refractivity contribution in [3.8, 4) is 0 Å². The van der Waals surface area contributed by atoms with Gasteiger partial charge in [0.25, 0.3) is 5.91 Å². The fraction of sp³-hybridized carbons (Fsp3) is 0.222. The Morgan fingerprint density at radius 2 is 2.19 bits per heavy atom. The molecule has 0 bridgehead atoms. The molecule has 1 aromatic rings. The van der Waals surface area contributed by atoms with Gasteiger partial charge in [-0.05, 0) is 18.1 Å². The molecular weight excluding hydrogens is 214 g/mol. The van der Waals surface area contributed by atoms with Gasteiger partial charge in [-0.1, -0.05) is 6.07 Å². The van der Waals surface area contributed by atoms with E-state index in [0.29, 0.717) is 11.4 Å². The number of aromatic nitrogens is 1. The summed E-state index contributed by atoms with van der Waals surface area (Å²) in [5, 5.41) is 17.2. The molecule has 0 aliphatic rings. The summed E-state index contributed by atoms with van der Waals surface area (Å²) in [7, 11) is 0. The van der Waals surface area contributed by atoms with Crippen molar-refractivity contribution in [2.24, 2.45) is 5.92 Å². The summed E-state index contributed by atoms with van der Waals surface area (Å²) in [6.07, 6.45) is 1.32. The minimum absolute atomic E-state index is 0.0605. The number of nitrogens with zero attached hydrogens (tertiary/aromatic N) is 1. The predicted molar refractivity (Wildman–Crippen MR) is 53.4 cm³/mol. The van der Waals surface area contributed by atoms with E-state index in [1.54, 1.807) is 6.07 Å². The summed E-state index contributed by atoms with van der Waals surface area (Å²) in [5.74, 6) is -3.33. The number of pyridine rings is 1. The molecule has 0 aromatic carbocycles. The number of hydrogen-bond acceptors (Lipinski definition) is 5. The molecule has 0 spiro atoms. The van der Waals surface area contributed by atoms with Crippen molar-refractivity contribution < 1.29 is 19.9 Å². The average molecular weight is 225 g/mol. The lowest BCUT2D eigenvalue weighted by Crippen LogP contribution is -2.34. The molecule has 1 rings (SSSR count). The quantitative estimate of drug-likeness (QED) is 0.308. The van der Waals surface area contributed by atoms with E-state index in [1.165, 1.54) is 17.7 Å². The van der Waals surface area contributed by atoms with Crippen LogP contribution in [0.25, 0.3) is 0 Å². The third-order valence-electron chi connectivity index (χ3n) is 2.01. The van der Waals surface area contributed by atoms with Gasteiger partial charge in [0, 0.05) is 6.20 Å². The molecule has 0 radical (unpaired) electrons. The molecule has 0 saturated heterocycles. The number of aliphatic carboxylic acids is 1. The first-order valence-corrected chi connectivity index (χ1v) is 4.41. The van der Waals surface area contributed by atoms with Gasteiger partial charge in [-0.3, -0.25) is 14.8 Å². The van der Waals surface area contributed by atoms with Crippen molar-refractivity contribution >= 4 is 17.7 Å². The van der Waals surface area contributed by atoms with Crippen LogP contribution in [0.15, 0.2) is 18.3 Å². The van der Waals surface area contributed by atoms with Crippen LogP contribution in [0.5, 0.6) is 0 Å². The third-order valence-corrected chi connectivity index (χ3v) is 2.01. The summed E-state index contributed by atoms with van der Waals surface area (Å²) in [6.45, 7) is 0. The van der Waals surface area contributed by atoms with Crippen molar-refractivity contribution in [2.75, 3.05) is 5.73 Å². The lowest BCUT2D eigenvalue weighted by molar-refractivity contribution is -0.150. The second kappa shape index (κ2) is 5.08. The lowest BCUT2D eigenvalue weighted by atomic mass is 10.0. The number of hydroxylamine groups is 1. The summed E-state index contributed by atoms with van der Waals surface area (Å²) in [5.41, 5.74) is 7.22. The number of nitrogen functional groups attached to an aromatic ring is 1. The van der Waals surface area contributed by atoms with Crippen LogP contribution < -0.4 is 11.2 Å². The summed E-state index contributed by atoms with van der Waals surface area (Å²) in [6, 6.07) is 3.08. The van der Waals surface area contributed by atoms with Gasteiger partial charge in [-0.25, -0.2) is 10.5 Å². The number of carboxylic acid groups (broad SMARTS) is 1. The van der Waals surface area contributed by atoms with Crippen LogP contribution in [0, 0.1) is 5.92 Å². The largest absolute Gasteiger partial charge is 0.481 e. The van der Waals surface area contributed by atoms with Crippen molar-refractivity contribution in [1.29, 1.82) is 0 Å². The molecule has 86 valence electrons. The van der Waals surface area contributed by atoms with Gasteiger partial charge in [0.1, 0.15) is 11.7 Å². The van der Waals surface area contributed by atoms with Crippen LogP contribution in [0.2, 0.25) is 0 Å². The third kappa shape index (κ3) is 2.92. The number of nitrogens with one attached hydrogen (secondary N) is 1. The standard InChI is InChI=1S/C9H11N3O4/c10-7-2-1-5(4-11-7)3-6(9(14)15)8(13)12-16/h1-2,4,6,16H,3H2,(H2,10,11)(H,12,13)(H,14,15). The highest BCUT2D eigenvalue weighted by atomic mass is 16.5. The number of rotatable bonds is 4. The minimum Gasteiger partial charge on any atom is -0.481 e. The van der Waals surface area contributed by atoms with Gasteiger partial charge < -0.3 is 10.8 Å². The predicted octanol–water partition coefficient (Wildman–Crippen LogP) is -0.587. The Balaban J connectivity index is 2.80. The topological polar surface area (TPSA) is 126 Å². The minimum atomic E-state index is -1.35. The van der Waals surface area contributed by atoms with Gasteiger partial charge in [0.05, 0.1) is 0 Å². The van der Waals surface area contributed by atoms with E-state index in [-0.39, 0.29) is 6.42 Å². The molecular formula is C9H11N3O4. The maximum atomic E-state index is 11.0. The Kier molecular flexibility index (Phi) is 3.78. The number of carbonyl (C=O) groups excluding carboxylic acids is 1. The Morgan fingerprint density at radius 3 is 2.62 bits per heavy atom. The lowest BCUT2D eigenvalue weighted by Gasteiger charge is -2.09. The van der Waals surface area contributed by atoms with E-state index >= 15 is 0 Å². The smallest absolute Gasteiger partial charge is 0.316 e. The average Bonchev–Trinajstić information content (AvgIpc) is 2.27. The number of carboxylic acids is 1. The highest BCUT2D eigenvalue weighted by molar-refractivity contribution is 5.96. The number of carbonyl (C=O) groups is 2. The van der Waals surface area contributed by atoms with Gasteiger partial charge >= 0.3 is 5.97 Å². The van der Waals surface area contributed by atoms with Gasteiger partial charge in [-0.2, -0.15) is 0 Å². The zero-order valence-corrected chi connectivity index (χ0v) is 8.25. The number of nitrogens with two attached hydrogens (primary N) is 1. The van der Waals surface area contributed by atoms with E-state index in [4.69, 9.17) is 16.0 Å². The zero-order valence-electron chi connectivity index (χ0n) is 8.25. The summed E-state index contributed by atoms with van der Waals surface area (Å²) >= 11 is 0. The maximum Gasteiger partial charge on any atom is 0.316 e. The zero-order chi connectivity index (χ0) is 12.1. The molecule has 16 heavy (non-hydrogen) atoms. The Morgan fingerprint density at radius 1 is 1.50 bits per heavy atom. The highest BCUT2D eigenvalue weighted by Crippen LogP contribution is 2.10. The Hall–Kier alpha value is -2.15. The summed E-state index contributed by atoms with van der Waals surface area (Å²) in [4.78, 5) is 25.6. The molecule has 7 heteroatoms. The molecule has 0 saturated carbocycles. The number of anilines is 1. The van der Waals surface area contributed by atoms with Gasteiger partial charge in [-0.15, -0.1) is 0 Å². The van der Waals surface area contributed by atoms with Crippen LogP contribution >= 0.6 is 0 Å². The number of amides is 1. The van der Waals surface area contributed by atoms with E-state index in [9.17, 15) is 9.59 Å². The molecule has 1 heterocycles. The molecule has 5 N–H and O–H groups in total. The second-order valence-corrected chi connectivity index (χ2v) is 3.16. The van der Waals surface area contributed by atoms with E-state index in [1.807, 2.05) is 0 Å². The van der Waals surface area contributed by atoms with Crippen molar-refractivity contribution in [2.45, 2.75) is 6.42 Å². The molecule has 7 nitrogen and oxygen atoms in total. The molecule has 1 aromatic heterocycles. The van der Waals surface area contributed by atoms with E-state index < -0.39 is 17.8 Å². The molecule has 0 aliphatic carbocycles. The normalized spacial score (nSPS) is 11.8. The van der Waals surface area contributed by atoms with Crippen LogP contribution in [-0.4, -0.2) is 27.2 Å². The van der Waals surface area contributed by atoms with Crippen molar-refractivity contribution in [3.63, 3.8) is 0 Å². The molecule has 1 amide bonds. The first kappa shape index (κ1) is 11.9. The highest BCUT2D eigenvalue weighted by Gasteiger charge is 2.26. The van der Waals surface area contributed by atoms with E-state index in [0.717, 1.165) is 0 Å². The van der Waals surface area contributed by atoms with Crippen molar-refractivity contribution in [3.05, 3.63) is 23.9 Å². The van der Waals surface area contributed by atoms with Crippen LogP contribution in [0.3, 0.4) is 0 Å². The van der Waals surface area contributed by atoms with Crippen LogP contribution in [0.1, 0.15) is 5.56 Å². The van der Waals surface area contributed by atoms with Crippen LogP contribution in [-0.2, 0) is 16.0 Å². The fourth-order valence-corrected chi connectivity index (χ4v) is 1.16. The first-order valence-electron chi connectivity index (χ1n) is 4.41. The Bertz CT molecular complexity index is 390. The molecule has 1 atom stereocenters. The monoisotopic (exact) mass is 225 g/mol. The maximum absolute atomic E-state index is 11.0. The van der Waals surface area contributed by atoms with Crippen LogP contribution in [0.4, 0.5) is 5.82 Å². The molecule has 0 fully saturated rings. The van der Waals surface area contributed by atoms with Crippen molar-refractivity contribution in [1.82, 2.24) is 10.5 Å². The van der Waals surface area contributed by atoms with Gasteiger partial charge in [0.2, 0.25) is 0 Å². The molecule has 0 aliphatic heterocycles. The fourth-order valence-electron chi connectivity index (χ4n) is 1.16.